The van der Waals surface area contributed by atoms with E-state index in [0.717, 1.165) is 37.0 Å². The molecular weight excluding hydrogens is 696 g/mol. The third kappa shape index (κ3) is 11.3. The molecular formula is C40H60N4O10. The van der Waals surface area contributed by atoms with Gasteiger partial charge in [-0.3, -0.25) is 24.1 Å². The van der Waals surface area contributed by atoms with Crippen molar-refractivity contribution in [2.75, 3.05) is 11.9 Å². The average molecular weight is 757 g/mol. The number of imide groups is 2. The summed E-state index contributed by atoms with van der Waals surface area (Å²) in [6, 6.07) is 1.15. The number of Topliss-reactive ketones (excluding diaryl/α,β-unsaturated/α-hetero) is 1. The number of rotatable bonds is 20. The number of unbranched alkanes of at least 4 members (excludes halogenated alkanes) is 7. The zero-order valence-corrected chi connectivity index (χ0v) is 33.7. The number of esters is 1. The number of benzene rings is 1. The van der Waals surface area contributed by atoms with Crippen LogP contribution in [0.2, 0.25) is 0 Å². The van der Waals surface area contributed by atoms with E-state index in [1.807, 2.05) is 13.8 Å². The molecule has 2 heterocycles. The smallest absolute Gasteiger partial charge is 0.418 e. The van der Waals surface area contributed by atoms with Gasteiger partial charge in [-0.25, -0.2) is 19.3 Å². The Morgan fingerprint density at radius 3 is 2.07 bits per heavy atom. The topological polar surface area (TPSA) is 178 Å². The van der Waals surface area contributed by atoms with Crippen LogP contribution in [0.15, 0.2) is 18.2 Å². The normalized spacial score (nSPS) is 18.2. The molecule has 300 valence electrons. The Bertz CT molecular complexity index is 1560. The number of carbonyl (C=O) groups is 7. The summed E-state index contributed by atoms with van der Waals surface area (Å²) in [4.78, 5) is 94.6. The van der Waals surface area contributed by atoms with Gasteiger partial charge in [-0.05, 0) is 64.7 Å². The summed E-state index contributed by atoms with van der Waals surface area (Å²) in [7, 11) is 0. The second-order valence-electron chi connectivity index (χ2n) is 16.3. The van der Waals surface area contributed by atoms with Gasteiger partial charge in [-0.2, -0.15) is 0 Å². The Labute approximate surface area is 319 Å². The van der Waals surface area contributed by atoms with Gasteiger partial charge >= 0.3 is 18.1 Å². The summed E-state index contributed by atoms with van der Waals surface area (Å²) >= 11 is 0. The van der Waals surface area contributed by atoms with Crippen molar-refractivity contribution in [1.29, 1.82) is 0 Å². The van der Waals surface area contributed by atoms with Crippen LogP contribution in [0.1, 0.15) is 137 Å². The Hall–Kier alpha value is -4.49. The summed E-state index contributed by atoms with van der Waals surface area (Å²) in [5.74, 6) is -3.64. The minimum atomic E-state index is -1.85. The summed E-state index contributed by atoms with van der Waals surface area (Å²) in [5, 5.41) is 5.34. The molecule has 3 unspecified atom stereocenters. The summed E-state index contributed by atoms with van der Waals surface area (Å²) in [6.07, 6.45) is 6.65. The van der Waals surface area contributed by atoms with Crippen LogP contribution in [0.4, 0.5) is 15.3 Å². The number of nitrogens with one attached hydrogen (secondary N) is 2. The second-order valence-corrected chi connectivity index (χ2v) is 16.3. The fraction of sp³-hybridized carbons (Fsp3) is 0.675. The van der Waals surface area contributed by atoms with E-state index in [9.17, 15) is 33.6 Å². The first kappa shape index (κ1) is 43.9. The van der Waals surface area contributed by atoms with E-state index >= 15 is 0 Å². The molecule has 0 aliphatic carbocycles. The lowest BCUT2D eigenvalue weighted by Crippen LogP contribution is -2.55. The number of hydrogen-bond acceptors (Lipinski definition) is 10. The van der Waals surface area contributed by atoms with Gasteiger partial charge in [0.05, 0.1) is 23.9 Å². The van der Waals surface area contributed by atoms with Gasteiger partial charge in [0.15, 0.2) is 17.4 Å². The molecule has 2 saturated heterocycles. The molecule has 6 amide bonds. The van der Waals surface area contributed by atoms with Gasteiger partial charge in [0, 0.05) is 5.41 Å². The Morgan fingerprint density at radius 2 is 1.56 bits per heavy atom. The predicted molar refractivity (Wildman–Crippen MR) is 202 cm³/mol. The zero-order chi connectivity index (χ0) is 40.5. The van der Waals surface area contributed by atoms with Gasteiger partial charge in [0.25, 0.3) is 17.7 Å². The van der Waals surface area contributed by atoms with Crippen LogP contribution >= 0.6 is 0 Å². The largest absolute Gasteiger partial charge is 0.489 e. The van der Waals surface area contributed by atoms with Crippen molar-refractivity contribution in [3.63, 3.8) is 0 Å². The Balaban J connectivity index is 1.86. The van der Waals surface area contributed by atoms with Crippen molar-refractivity contribution in [3.8, 4) is 5.75 Å². The number of ether oxygens (including phenoxy) is 3. The van der Waals surface area contributed by atoms with Gasteiger partial charge < -0.3 is 24.8 Å². The molecule has 2 fully saturated rings. The minimum Gasteiger partial charge on any atom is -0.489 e. The summed E-state index contributed by atoms with van der Waals surface area (Å²) < 4.78 is 17.1. The molecule has 54 heavy (non-hydrogen) atoms. The SMILES string of the molecule is CCCCCCCCCCC(CN1C(=O)NC(C(C)C)C1=O)OC(=O)c1ccc(NC(=O)C(C(=O)C(C)(C)C)N2C(=O)OC(C)(C)C2=O)c(OC(C)C)c1. The summed E-state index contributed by atoms with van der Waals surface area (Å²) in [5.41, 5.74) is -2.55. The van der Waals surface area contributed by atoms with Gasteiger partial charge in [-0.15, -0.1) is 0 Å². The third-order valence-corrected chi connectivity index (χ3v) is 9.37. The lowest BCUT2D eigenvalue weighted by Gasteiger charge is -2.29. The monoisotopic (exact) mass is 756 g/mol. The molecule has 0 saturated carbocycles. The van der Waals surface area contributed by atoms with Gasteiger partial charge in [0.2, 0.25) is 0 Å². The molecule has 3 atom stereocenters. The molecule has 14 nitrogen and oxygen atoms in total. The number of cyclic esters (lactones) is 1. The molecule has 2 N–H and O–H groups in total. The quantitative estimate of drug-likeness (QED) is 0.0624. The van der Waals surface area contributed by atoms with Gasteiger partial charge in [0.1, 0.15) is 17.9 Å². The first-order valence-electron chi connectivity index (χ1n) is 19.2. The lowest BCUT2D eigenvalue weighted by atomic mass is 9.85. The van der Waals surface area contributed by atoms with Crippen LogP contribution in [0.25, 0.3) is 0 Å². The van der Waals surface area contributed by atoms with E-state index in [0.29, 0.717) is 11.3 Å². The number of hydrogen-bond donors (Lipinski definition) is 2. The van der Waals surface area contributed by atoms with Crippen LogP contribution in [-0.2, 0) is 28.7 Å². The standard InChI is InChI=1S/C40H60N4O10/c1-11-12-13-14-15-16-17-18-19-27(23-43-34(47)30(24(2)3)42-37(43)50)53-35(48)26-20-21-28(29(22-26)52-25(4)5)41-33(46)31(32(45)39(6,7)8)44-36(49)40(9,10)54-38(44)51/h20-22,24-25,27,30-31H,11-19,23H2,1-10H3,(H,41,46)(H,42,50). The molecule has 1 aromatic carbocycles. The number of amides is 6. The van der Waals surface area contributed by atoms with E-state index in [-0.39, 0.29) is 35.4 Å². The van der Waals surface area contributed by atoms with Crippen molar-refractivity contribution in [2.45, 2.75) is 157 Å². The van der Waals surface area contributed by atoms with E-state index in [1.165, 1.54) is 51.3 Å². The zero-order valence-electron chi connectivity index (χ0n) is 33.7. The minimum absolute atomic E-state index is 0.0684. The van der Waals surface area contributed by atoms with Crippen molar-refractivity contribution < 1.29 is 47.8 Å². The van der Waals surface area contributed by atoms with E-state index in [2.05, 4.69) is 17.6 Å². The highest BCUT2D eigenvalue weighted by Gasteiger charge is 2.55. The molecule has 0 radical (unpaired) electrons. The fourth-order valence-corrected chi connectivity index (χ4v) is 6.26. The molecule has 0 spiro atoms. The highest BCUT2D eigenvalue weighted by Crippen LogP contribution is 2.32. The molecule has 0 bridgehead atoms. The highest BCUT2D eigenvalue weighted by atomic mass is 16.6. The number of urea groups is 1. The van der Waals surface area contributed by atoms with Crippen LogP contribution in [-0.4, -0.2) is 87.8 Å². The number of carbonyl (C=O) groups excluding carboxylic acids is 7. The van der Waals surface area contributed by atoms with Crippen LogP contribution < -0.4 is 15.4 Å². The maximum absolute atomic E-state index is 13.8. The lowest BCUT2D eigenvalue weighted by molar-refractivity contribution is -0.145. The molecule has 0 aromatic heterocycles. The average Bonchev–Trinajstić information content (AvgIpc) is 3.46. The molecule has 2 aliphatic heterocycles. The van der Waals surface area contributed by atoms with Crippen LogP contribution in [0.5, 0.6) is 5.75 Å². The van der Waals surface area contributed by atoms with Crippen molar-refractivity contribution in [2.24, 2.45) is 11.3 Å². The van der Waals surface area contributed by atoms with E-state index in [4.69, 9.17) is 14.2 Å². The van der Waals surface area contributed by atoms with Crippen LogP contribution in [0.3, 0.4) is 0 Å². The van der Waals surface area contributed by atoms with Crippen molar-refractivity contribution in [3.05, 3.63) is 23.8 Å². The fourth-order valence-electron chi connectivity index (χ4n) is 6.26. The molecule has 1 aromatic rings. The predicted octanol–water partition coefficient (Wildman–Crippen LogP) is 6.79. The molecule has 14 heteroatoms. The molecule has 2 aliphatic rings. The first-order valence-corrected chi connectivity index (χ1v) is 19.2. The number of nitrogens with zero attached hydrogens (tertiary/aromatic N) is 2. The number of ketones is 1. The highest BCUT2D eigenvalue weighted by molar-refractivity contribution is 6.19. The van der Waals surface area contributed by atoms with Crippen molar-refractivity contribution >= 4 is 47.3 Å². The van der Waals surface area contributed by atoms with Crippen molar-refractivity contribution in [1.82, 2.24) is 15.1 Å². The van der Waals surface area contributed by atoms with Crippen LogP contribution in [0, 0.1) is 11.3 Å². The second kappa shape index (κ2) is 18.7. The summed E-state index contributed by atoms with van der Waals surface area (Å²) in [6.45, 7) is 16.7. The van der Waals surface area contributed by atoms with E-state index in [1.54, 1.807) is 34.6 Å². The first-order chi connectivity index (χ1) is 25.2. The molecule has 3 rings (SSSR count). The van der Waals surface area contributed by atoms with E-state index < -0.39 is 71.0 Å². The van der Waals surface area contributed by atoms with Gasteiger partial charge in [-0.1, -0.05) is 86.5 Å². The number of anilines is 1. The maximum Gasteiger partial charge on any atom is 0.418 e. The third-order valence-electron chi connectivity index (χ3n) is 9.37. The maximum atomic E-state index is 13.8. The Kier molecular flexibility index (Phi) is 15.2. The Morgan fingerprint density at radius 1 is 0.944 bits per heavy atom.